The second-order valence-electron chi connectivity index (χ2n) is 5.23. The zero-order valence-electron chi connectivity index (χ0n) is 15.1. The molecule has 1 aromatic rings. The van der Waals surface area contributed by atoms with Crippen LogP contribution in [0.5, 0.6) is 0 Å². The van der Waals surface area contributed by atoms with Crippen molar-refractivity contribution in [2.45, 2.75) is 45.3 Å². The van der Waals surface area contributed by atoms with Crippen molar-refractivity contribution in [3.8, 4) is 0 Å². The molecule has 0 saturated heterocycles. The van der Waals surface area contributed by atoms with E-state index in [-0.39, 0.29) is 48.9 Å². The number of carboxylic acid groups (broad SMARTS) is 1. The Bertz CT molecular complexity index is 595. The third-order valence-corrected chi connectivity index (χ3v) is 3.63. The molecule has 0 aliphatic rings. The van der Waals surface area contributed by atoms with Gasteiger partial charge >= 0.3 is 41.6 Å². The fraction of sp³-hybridized carbons (Fsp3) is 0.471. The number of nitrogens with one attached hydrogen (secondary N) is 1. The second kappa shape index (κ2) is 13.0. The smallest absolute Gasteiger partial charge is 0.549 e. The fourth-order valence-corrected chi connectivity index (χ4v) is 2.14. The summed E-state index contributed by atoms with van der Waals surface area (Å²) in [4.78, 5) is 34.2. The predicted molar refractivity (Wildman–Crippen MR) is 88.8 cm³/mol. The quantitative estimate of drug-likeness (QED) is 0.327. The number of rotatable bonds is 9. The molecule has 7 nitrogen and oxygen atoms in total. The first-order valence-electron chi connectivity index (χ1n) is 7.97. The van der Waals surface area contributed by atoms with Crippen LogP contribution in [0, 0.1) is 0 Å². The van der Waals surface area contributed by atoms with Crippen LogP contribution >= 0.6 is 11.6 Å². The Morgan fingerprint density at radius 1 is 1.15 bits per heavy atom. The molecule has 0 heterocycles. The first kappa shape index (κ1) is 24.7. The molecule has 138 valence electrons. The van der Waals surface area contributed by atoms with Crippen LogP contribution in [-0.2, 0) is 19.1 Å². The molecule has 1 aromatic carbocycles. The van der Waals surface area contributed by atoms with E-state index >= 15 is 0 Å². The number of hydrogen-bond acceptors (Lipinski definition) is 6. The van der Waals surface area contributed by atoms with Gasteiger partial charge in [-0.15, -0.1) is 0 Å². The third kappa shape index (κ3) is 8.89. The maximum Gasteiger partial charge on any atom is 1.00 e. The van der Waals surface area contributed by atoms with Gasteiger partial charge in [0.15, 0.2) is 0 Å². The molecule has 0 fully saturated rings. The van der Waals surface area contributed by atoms with E-state index in [1.807, 2.05) is 0 Å². The van der Waals surface area contributed by atoms with E-state index in [1.54, 1.807) is 38.1 Å². The number of alkyl carbamates (subject to hydrolysis) is 1. The van der Waals surface area contributed by atoms with Crippen LogP contribution in [0.15, 0.2) is 24.3 Å². The Kier molecular flexibility index (Phi) is 12.3. The normalized spacial score (nSPS) is 12.3. The molecular formula is C17H21ClNNaO6. The summed E-state index contributed by atoms with van der Waals surface area (Å²) in [6.07, 6.45) is -1.16. The van der Waals surface area contributed by atoms with Gasteiger partial charge in [0.1, 0.15) is 0 Å². The number of carboxylic acids is 1. The summed E-state index contributed by atoms with van der Waals surface area (Å²) in [5.41, 5.74) is 0.530. The van der Waals surface area contributed by atoms with Gasteiger partial charge in [0.05, 0.1) is 0 Å². The van der Waals surface area contributed by atoms with Crippen molar-refractivity contribution in [3.05, 3.63) is 34.9 Å². The average molecular weight is 394 g/mol. The van der Waals surface area contributed by atoms with Crippen LogP contribution in [0.2, 0.25) is 5.02 Å². The number of aliphatic carboxylic acids is 1. The van der Waals surface area contributed by atoms with Crippen molar-refractivity contribution in [2.75, 3.05) is 6.54 Å². The number of ether oxygens (including phenoxy) is 2. The summed E-state index contributed by atoms with van der Waals surface area (Å²) in [5, 5.41) is 14.2. The predicted octanol–water partition coefficient (Wildman–Crippen LogP) is -1.02. The summed E-state index contributed by atoms with van der Waals surface area (Å²) in [6.45, 7) is 3.39. The van der Waals surface area contributed by atoms with E-state index in [1.165, 1.54) is 0 Å². The minimum absolute atomic E-state index is 0. The van der Waals surface area contributed by atoms with Crippen molar-refractivity contribution < 1.29 is 58.5 Å². The first-order valence-corrected chi connectivity index (χ1v) is 8.35. The number of carbonyl (C=O) groups is 3. The largest absolute Gasteiger partial charge is 1.00 e. The second-order valence-corrected chi connectivity index (χ2v) is 5.66. The van der Waals surface area contributed by atoms with Crippen molar-refractivity contribution >= 4 is 29.6 Å². The molecular weight excluding hydrogens is 373 g/mol. The van der Waals surface area contributed by atoms with Crippen LogP contribution in [0.1, 0.15) is 44.6 Å². The molecule has 2 unspecified atom stereocenters. The first-order chi connectivity index (χ1) is 11.9. The van der Waals surface area contributed by atoms with Gasteiger partial charge in [0.25, 0.3) is 0 Å². The van der Waals surface area contributed by atoms with Gasteiger partial charge in [0, 0.05) is 36.3 Å². The Labute approximate surface area is 179 Å². The fourth-order valence-electron chi connectivity index (χ4n) is 2.02. The molecule has 0 saturated carbocycles. The van der Waals surface area contributed by atoms with Gasteiger partial charge in [0.2, 0.25) is 6.29 Å². The van der Waals surface area contributed by atoms with E-state index in [0.29, 0.717) is 17.0 Å². The molecule has 0 spiro atoms. The van der Waals surface area contributed by atoms with Crippen LogP contribution < -0.4 is 40.0 Å². The minimum atomic E-state index is -1.25. The zero-order chi connectivity index (χ0) is 18.8. The van der Waals surface area contributed by atoms with Gasteiger partial charge in [-0.05, 0) is 24.1 Å². The van der Waals surface area contributed by atoms with Crippen molar-refractivity contribution in [2.24, 2.45) is 0 Å². The van der Waals surface area contributed by atoms with Crippen molar-refractivity contribution in [1.82, 2.24) is 5.32 Å². The van der Waals surface area contributed by atoms with E-state index in [9.17, 15) is 19.5 Å². The van der Waals surface area contributed by atoms with Crippen LogP contribution in [0.25, 0.3) is 0 Å². The molecule has 26 heavy (non-hydrogen) atoms. The third-order valence-electron chi connectivity index (χ3n) is 3.38. The minimum Gasteiger partial charge on any atom is -0.549 e. The maximum atomic E-state index is 11.7. The maximum absolute atomic E-state index is 11.7. The Balaban J connectivity index is 0.00000625. The van der Waals surface area contributed by atoms with Gasteiger partial charge in [-0.3, -0.25) is 4.79 Å². The Morgan fingerprint density at radius 2 is 1.77 bits per heavy atom. The molecule has 2 atom stereocenters. The van der Waals surface area contributed by atoms with Gasteiger partial charge in [-0.1, -0.05) is 37.6 Å². The van der Waals surface area contributed by atoms with E-state index in [4.69, 9.17) is 21.1 Å². The molecule has 1 rings (SSSR count). The van der Waals surface area contributed by atoms with E-state index in [0.717, 1.165) is 0 Å². The molecule has 0 aromatic heterocycles. The average Bonchev–Trinajstić information content (AvgIpc) is 2.58. The molecule has 1 amide bonds. The standard InChI is InChI=1S/C17H22ClNO6.Na/c1-3-14(20)24-15(4-2)25-17(23)19-10-9-13(16(21)22)11-5-7-12(18)8-6-11;/h5-8,13,15H,3-4,9-10H2,1-2H3,(H,19,23)(H,21,22);/q;+1/p-1. The van der Waals surface area contributed by atoms with Crippen LogP contribution in [-0.4, -0.2) is 30.9 Å². The van der Waals surface area contributed by atoms with Gasteiger partial charge < -0.3 is 24.7 Å². The number of esters is 1. The molecule has 0 aliphatic heterocycles. The van der Waals surface area contributed by atoms with Crippen molar-refractivity contribution in [3.63, 3.8) is 0 Å². The SMILES string of the molecule is CCC(=O)OC(CC)OC(=O)NCCC(C(=O)[O-])c1ccc(Cl)cc1.[Na+]. The monoisotopic (exact) mass is 393 g/mol. The summed E-state index contributed by atoms with van der Waals surface area (Å²) < 4.78 is 9.89. The van der Waals surface area contributed by atoms with Crippen LogP contribution in [0.4, 0.5) is 4.79 Å². The topological polar surface area (TPSA) is 105 Å². The Hall–Kier alpha value is -1.28. The Morgan fingerprint density at radius 3 is 2.27 bits per heavy atom. The van der Waals surface area contributed by atoms with Gasteiger partial charge in [-0.2, -0.15) is 0 Å². The van der Waals surface area contributed by atoms with Crippen LogP contribution in [0.3, 0.4) is 0 Å². The van der Waals surface area contributed by atoms with Crippen molar-refractivity contribution in [1.29, 1.82) is 0 Å². The number of halogens is 1. The number of benzene rings is 1. The summed E-state index contributed by atoms with van der Waals surface area (Å²) >= 11 is 5.78. The molecule has 0 bridgehead atoms. The van der Waals surface area contributed by atoms with Gasteiger partial charge in [-0.25, -0.2) is 4.79 Å². The molecule has 0 radical (unpaired) electrons. The molecule has 0 aliphatic carbocycles. The zero-order valence-corrected chi connectivity index (χ0v) is 17.9. The number of carbonyl (C=O) groups excluding carboxylic acids is 3. The molecule has 9 heteroatoms. The number of hydrogen-bond donors (Lipinski definition) is 1. The number of amides is 1. The van der Waals surface area contributed by atoms with E-state index in [2.05, 4.69) is 5.32 Å². The summed E-state index contributed by atoms with van der Waals surface area (Å²) in [6, 6.07) is 6.36. The molecule has 1 N–H and O–H groups in total. The summed E-state index contributed by atoms with van der Waals surface area (Å²) in [5.74, 6) is -2.61. The van der Waals surface area contributed by atoms with E-state index < -0.39 is 30.2 Å². The summed E-state index contributed by atoms with van der Waals surface area (Å²) in [7, 11) is 0.